The average molecular weight is 215 g/mol. The number of nitrogens with two attached hydrogens (primary N) is 1. The lowest BCUT2D eigenvalue weighted by Gasteiger charge is -2.17. The Morgan fingerprint density at radius 3 is 2.67 bits per heavy atom. The number of halogens is 1. The van der Waals surface area contributed by atoms with E-state index in [-0.39, 0.29) is 12.1 Å². The van der Waals surface area contributed by atoms with E-state index in [4.69, 9.17) is 10.5 Å². The topological polar surface area (TPSA) is 75.7 Å². The van der Waals surface area contributed by atoms with Crippen LogP contribution in [0.4, 0.5) is 4.39 Å². The van der Waals surface area contributed by atoms with Crippen LogP contribution in [0.3, 0.4) is 0 Å². The van der Waals surface area contributed by atoms with Crippen LogP contribution >= 0.6 is 0 Å². The molecule has 0 aromatic heterocycles. The maximum atomic E-state index is 13.3. The molecule has 0 radical (unpaired) electrons. The molecule has 1 aromatic rings. The molecule has 2 unspecified atom stereocenters. The Labute approximate surface area is 87.1 Å². The molecule has 1 rings (SSSR count). The summed E-state index contributed by atoms with van der Waals surface area (Å²) in [5.41, 5.74) is 5.15. The summed E-state index contributed by atoms with van der Waals surface area (Å²) in [4.78, 5) is 0. The van der Waals surface area contributed by atoms with E-state index in [9.17, 15) is 14.6 Å². The predicted molar refractivity (Wildman–Crippen MR) is 53.0 cm³/mol. The van der Waals surface area contributed by atoms with Gasteiger partial charge < -0.3 is 20.7 Å². The van der Waals surface area contributed by atoms with Crippen molar-refractivity contribution in [2.24, 2.45) is 5.73 Å². The van der Waals surface area contributed by atoms with Gasteiger partial charge in [-0.05, 0) is 18.2 Å². The fourth-order valence-corrected chi connectivity index (χ4v) is 1.21. The van der Waals surface area contributed by atoms with Crippen LogP contribution in [0.15, 0.2) is 18.2 Å². The van der Waals surface area contributed by atoms with Gasteiger partial charge in [0.25, 0.3) is 0 Å². The van der Waals surface area contributed by atoms with Crippen LogP contribution in [0.1, 0.15) is 11.7 Å². The Bertz CT molecular complexity index is 332. The molecular formula is C10H14FNO3. The highest BCUT2D eigenvalue weighted by Gasteiger charge is 2.20. The van der Waals surface area contributed by atoms with Gasteiger partial charge in [-0.25, -0.2) is 4.39 Å². The van der Waals surface area contributed by atoms with Crippen molar-refractivity contribution in [1.29, 1.82) is 0 Å². The number of ether oxygens (including phenoxy) is 1. The predicted octanol–water partition coefficient (Wildman–Crippen LogP) is 0.187. The van der Waals surface area contributed by atoms with Gasteiger partial charge >= 0.3 is 0 Å². The monoisotopic (exact) mass is 215 g/mol. The molecule has 0 aliphatic rings. The van der Waals surface area contributed by atoms with Gasteiger partial charge in [0.1, 0.15) is 17.7 Å². The van der Waals surface area contributed by atoms with Crippen molar-refractivity contribution in [3.8, 4) is 5.75 Å². The molecular weight excluding hydrogens is 201 g/mol. The molecule has 0 aliphatic carbocycles. The van der Waals surface area contributed by atoms with Crippen molar-refractivity contribution < 1.29 is 19.3 Å². The van der Waals surface area contributed by atoms with Crippen LogP contribution in [0, 0.1) is 5.82 Å². The molecule has 4 N–H and O–H groups in total. The van der Waals surface area contributed by atoms with Crippen LogP contribution in [-0.4, -0.2) is 30.0 Å². The third-order valence-electron chi connectivity index (χ3n) is 2.13. The number of hydrogen-bond donors (Lipinski definition) is 3. The summed E-state index contributed by atoms with van der Waals surface area (Å²) < 4.78 is 18.2. The highest BCUT2D eigenvalue weighted by molar-refractivity contribution is 5.31. The molecule has 2 atom stereocenters. The number of rotatable bonds is 4. The zero-order valence-corrected chi connectivity index (χ0v) is 8.35. The SMILES string of the molecule is COc1ccc(F)c(C(O)C(O)CN)c1. The molecule has 0 fully saturated rings. The van der Waals surface area contributed by atoms with Crippen LogP contribution in [-0.2, 0) is 0 Å². The largest absolute Gasteiger partial charge is 0.497 e. The first-order valence-electron chi connectivity index (χ1n) is 4.49. The number of methoxy groups -OCH3 is 1. The zero-order chi connectivity index (χ0) is 11.4. The molecule has 84 valence electrons. The fourth-order valence-electron chi connectivity index (χ4n) is 1.21. The molecule has 0 spiro atoms. The minimum absolute atomic E-state index is 0.0210. The van der Waals surface area contributed by atoms with Gasteiger partial charge in [-0.3, -0.25) is 0 Å². The first kappa shape index (κ1) is 11.9. The maximum absolute atomic E-state index is 13.3. The van der Waals surface area contributed by atoms with Gasteiger partial charge in [0.15, 0.2) is 0 Å². The van der Waals surface area contributed by atoms with Crippen molar-refractivity contribution in [3.63, 3.8) is 0 Å². The maximum Gasteiger partial charge on any atom is 0.129 e. The fraction of sp³-hybridized carbons (Fsp3) is 0.400. The van der Waals surface area contributed by atoms with E-state index in [0.29, 0.717) is 5.75 Å². The number of hydrogen-bond acceptors (Lipinski definition) is 4. The van der Waals surface area contributed by atoms with E-state index in [0.717, 1.165) is 0 Å². The van der Waals surface area contributed by atoms with E-state index in [1.807, 2.05) is 0 Å². The minimum atomic E-state index is -1.34. The molecule has 0 heterocycles. The third kappa shape index (κ3) is 2.65. The van der Waals surface area contributed by atoms with E-state index < -0.39 is 18.0 Å². The lowest BCUT2D eigenvalue weighted by atomic mass is 10.0. The molecule has 0 amide bonds. The second kappa shape index (κ2) is 5.06. The van der Waals surface area contributed by atoms with Crippen LogP contribution in [0.5, 0.6) is 5.75 Å². The van der Waals surface area contributed by atoms with E-state index in [1.54, 1.807) is 0 Å². The van der Waals surface area contributed by atoms with Crippen LogP contribution < -0.4 is 10.5 Å². The second-order valence-electron chi connectivity index (χ2n) is 3.14. The quantitative estimate of drug-likeness (QED) is 0.670. The van der Waals surface area contributed by atoms with Gasteiger partial charge in [-0.15, -0.1) is 0 Å². The summed E-state index contributed by atoms with van der Waals surface area (Å²) in [6.07, 6.45) is -2.53. The average Bonchev–Trinajstić information content (AvgIpc) is 2.27. The van der Waals surface area contributed by atoms with E-state index >= 15 is 0 Å². The minimum Gasteiger partial charge on any atom is -0.497 e. The van der Waals surface area contributed by atoms with Crippen LogP contribution in [0.25, 0.3) is 0 Å². The Balaban J connectivity index is 3.01. The molecule has 0 saturated carbocycles. The Morgan fingerprint density at radius 1 is 1.47 bits per heavy atom. The highest BCUT2D eigenvalue weighted by atomic mass is 19.1. The standard InChI is InChI=1S/C10H14FNO3/c1-15-6-2-3-8(11)7(4-6)10(14)9(13)5-12/h2-4,9-10,13-14H,5,12H2,1H3. The molecule has 1 aromatic carbocycles. The number of benzene rings is 1. The molecule has 0 bridgehead atoms. The first-order chi connectivity index (χ1) is 7.10. The highest BCUT2D eigenvalue weighted by Crippen LogP contribution is 2.24. The summed E-state index contributed by atoms with van der Waals surface area (Å²) in [5, 5.41) is 18.8. The zero-order valence-electron chi connectivity index (χ0n) is 8.35. The van der Waals surface area contributed by atoms with Crippen molar-refractivity contribution in [2.45, 2.75) is 12.2 Å². The van der Waals surface area contributed by atoms with Crippen molar-refractivity contribution in [1.82, 2.24) is 0 Å². The smallest absolute Gasteiger partial charge is 0.129 e. The van der Waals surface area contributed by atoms with Crippen molar-refractivity contribution >= 4 is 0 Å². The first-order valence-corrected chi connectivity index (χ1v) is 4.49. The lowest BCUT2D eigenvalue weighted by molar-refractivity contribution is 0.0221. The lowest BCUT2D eigenvalue weighted by Crippen LogP contribution is -2.27. The van der Waals surface area contributed by atoms with Gasteiger partial charge in [0, 0.05) is 12.1 Å². The Kier molecular flexibility index (Phi) is 4.02. The summed E-state index contributed by atoms with van der Waals surface area (Å²) in [6, 6.07) is 3.93. The molecule has 0 saturated heterocycles. The normalized spacial score (nSPS) is 14.7. The second-order valence-corrected chi connectivity index (χ2v) is 3.14. The van der Waals surface area contributed by atoms with Crippen molar-refractivity contribution in [2.75, 3.05) is 13.7 Å². The third-order valence-corrected chi connectivity index (χ3v) is 2.13. The molecule has 4 nitrogen and oxygen atoms in total. The van der Waals surface area contributed by atoms with Gasteiger partial charge in [0.2, 0.25) is 0 Å². The Morgan fingerprint density at radius 2 is 2.13 bits per heavy atom. The number of aliphatic hydroxyl groups is 2. The summed E-state index contributed by atoms with van der Waals surface area (Å²) in [7, 11) is 1.43. The number of aliphatic hydroxyl groups excluding tert-OH is 2. The van der Waals surface area contributed by atoms with Gasteiger partial charge in [-0.2, -0.15) is 0 Å². The summed E-state index contributed by atoms with van der Waals surface area (Å²) in [5.74, 6) is -0.189. The van der Waals surface area contributed by atoms with Crippen LogP contribution in [0.2, 0.25) is 0 Å². The molecule has 5 heteroatoms. The van der Waals surface area contributed by atoms with E-state index in [1.165, 1.54) is 25.3 Å². The van der Waals surface area contributed by atoms with Gasteiger partial charge in [0.05, 0.1) is 13.2 Å². The van der Waals surface area contributed by atoms with Gasteiger partial charge in [-0.1, -0.05) is 0 Å². The van der Waals surface area contributed by atoms with E-state index in [2.05, 4.69) is 0 Å². The molecule has 15 heavy (non-hydrogen) atoms. The Hall–Kier alpha value is -1.17. The summed E-state index contributed by atoms with van der Waals surface area (Å²) >= 11 is 0. The van der Waals surface area contributed by atoms with Crippen molar-refractivity contribution in [3.05, 3.63) is 29.6 Å². The molecule has 0 aliphatic heterocycles. The summed E-state index contributed by atoms with van der Waals surface area (Å²) in [6.45, 7) is -0.141.